The van der Waals surface area contributed by atoms with Crippen molar-refractivity contribution in [3.05, 3.63) is 59.5 Å². The number of nitrogens with one attached hydrogen (secondary N) is 2. The smallest absolute Gasteiger partial charge is 0.251 e. The van der Waals surface area contributed by atoms with E-state index in [1.54, 1.807) is 30.5 Å². The minimum absolute atomic E-state index is 0.203. The average molecular weight is 454 g/mol. The van der Waals surface area contributed by atoms with Crippen LogP contribution in [-0.2, 0) is 4.74 Å². The molecule has 1 aliphatic heterocycles. The van der Waals surface area contributed by atoms with Crippen LogP contribution in [0.15, 0.2) is 42.6 Å². The van der Waals surface area contributed by atoms with Gasteiger partial charge in [-0.15, -0.1) is 0 Å². The highest BCUT2D eigenvalue weighted by Crippen LogP contribution is 2.29. The van der Waals surface area contributed by atoms with Gasteiger partial charge in [-0.3, -0.25) is 9.78 Å². The van der Waals surface area contributed by atoms with Gasteiger partial charge >= 0.3 is 0 Å². The maximum atomic E-state index is 13.7. The second kappa shape index (κ2) is 10.5. The topological polar surface area (TPSA) is 88.6 Å². The number of anilines is 1. The fraction of sp³-hybridized carbons (Fsp3) is 0.375. The first-order valence-corrected chi connectivity index (χ1v) is 11.0. The van der Waals surface area contributed by atoms with Crippen molar-refractivity contribution in [2.75, 3.05) is 51.3 Å². The molecule has 8 nitrogen and oxygen atoms in total. The second-order valence-electron chi connectivity index (χ2n) is 7.84. The van der Waals surface area contributed by atoms with E-state index in [0.717, 1.165) is 18.9 Å². The molecule has 2 heterocycles. The van der Waals surface area contributed by atoms with E-state index >= 15 is 0 Å². The fourth-order valence-electron chi connectivity index (χ4n) is 3.73. The van der Waals surface area contributed by atoms with Gasteiger partial charge in [0.1, 0.15) is 23.5 Å². The number of carbonyl (C=O) groups excluding carboxylic acids is 1. The van der Waals surface area contributed by atoms with E-state index in [4.69, 9.17) is 14.5 Å². The van der Waals surface area contributed by atoms with Crippen molar-refractivity contribution < 1.29 is 18.7 Å². The number of rotatable bonds is 8. The van der Waals surface area contributed by atoms with Crippen LogP contribution in [0.25, 0.3) is 11.0 Å². The van der Waals surface area contributed by atoms with Crippen LogP contribution < -0.4 is 20.3 Å². The summed E-state index contributed by atoms with van der Waals surface area (Å²) < 4.78 is 25.1. The number of amides is 1. The van der Waals surface area contributed by atoms with Crippen LogP contribution in [0, 0.1) is 5.82 Å². The number of carbonyl (C=O) groups is 1. The van der Waals surface area contributed by atoms with Crippen molar-refractivity contribution in [2.24, 2.45) is 0 Å². The van der Waals surface area contributed by atoms with E-state index in [1.807, 2.05) is 14.0 Å². The van der Waals surface area contributed by atoms with E-state index in [-0.39, 0.29) is 11.7 Å². The van der Waals surface area contributed by atoms with Gasteiger partial charge in [0.15, 0.2) is 0 Å². The molecular weight excluding hydrogens is 425 g/mol. The predicted molar refractivity (Wildman–Crippen MR) is 124 cm³/mol. The Morgan fingerprint density at radius 2 is 2.06 bits per heavy atom. The predicted octanol–water partition coefficient (Wildman–Crippen LogP) is 2.69. The number of nitrogens with zero attached hydrogens (tertiary/aromatic N) is 3. The standard InChI is InChI=1S/C24H28FN5O3/c1-16(33-19-5-3-4-18(25)14-19)20-12-17(24(31)27-7-6-26-2)13-21-23(20)29-22(15-28-21)30-8-10-32-11-9-30/h3-5,12-16,26H,6-11H2,1-2H3,(H,27,31). The highest BCUT2D eigenvalue weighted by Gasteiger charge is 2.20. The van der Waals surface area contributed by atoms with Crippen LogP contribution in [0.2, 0.25) is 0 Å². The number of hydrogen-bond donors (Lipinski definition) is 2. The Hall–Kier alpha value is -3.30. The third kappa shape index (κ3) is 5.55. The van der Waals surface area contributed by atoms with E-state index in [2.05, 4.69) is 20.5 Å². The van der Waals surface area contributed by atoms with Crippen molar-refractivity contribution in [3.63, 3.8) is 0 Å². The molecule has 1 aromatic heterocycles. The number of likely N-dealkylation sites (N-methyl/N-ethyl adjacent to an activating group) is 1. The molecule has 9 heteroatoms. The summed E-state index contributed by atoms with van der Waals surface area (Å²) in [6.45, 7) is 5.75. The lowest BCUT2D eigenvalue weighted by atomic mass is 10.0. The number of ether oxygens (including phenoxy) is 2. The highest BCUT2D eigenvalue weighted by atomic mass is 19.1. The number of halogens is 1. The maximum absolute atomic E-state index is 13.7. The molecule has 0 bridgehead atoms. The maximum Gasteiger partial charge on any atom is 0.251 e. The van der Waals surface area contributed by atoms with Gasteiger partial charge in [0, 0.05) is 43.4 Å². The van der Waals surface area contributed by atoms with Gasteiger partial charge in [-0.2, -0.15) is 0 Å². The first kappa shape index (κ1) is 22.9. The van der Waals surface area contributed by atoms with Crippen LogP contribution in [-0.4, -0.2) is 62.3 Å². The number of benzene rings is 2. The molecule has 33 heavy (non-hydrogen) atoms. The fourth-order valence-corrected chi connectivity index (χ4v) is 3.73. The molecule has 1 atom stereocenters. The van der Waals surface area contributed by atoms with Crippen LogP contribution in [0.1, 0.15) is 28.9 Å². The van der Waals surface area contributed by atoms with Gasteiger partial charge < -0.3 is 25.0 Å². The van der Waals surface area contributed by atoms with E-state index in [9.17, 15) is 9.18 Å². The zero-order chi connectivity index (χ0) is 23.2. The number of aromatic nitrogens is 2. The molecule has 2 N–H and O–H groups in total. The normalized spacial score (nSPS) is 14.8. The molecule has 1 saturated heterocycles. The molecule has 3 aromatic rings. The van der Waals surface area contributed by atoms with Crippen molar-refractivity contribution in [1.82, 2.24) is 20.6 Å². The molecular formula is C24H28FN5O3. The number of fused-ring (bicyclic) bond motifs is 1. The molecule has 0 saturated carbocycles. The van der Waals surface area contributed by atoms with Crippen molar-refractivity contribution in [1.29, 1.82) is 0 Å². The zero-order valence-electron chi connectivity index (χ0n) is 18.8. The minimum atomic E-state index is -0.492. The summed E-state index contributed by atoms with van der Waals surface area (Å²) in [4.78, 5) is 24.4. The molecule has 1 unspecified atom stereocenters. The summed E-state index contributed by atoms with van der Waals surface area (Å²) in [5.41, 5.74) is 2.42. The van der Waals surface area contributed by atoms with Crippen LogP contribution in [0.3, 0.4) is 0 Å². The second-order valence-corrected chi connectivity index (χ2v) is 7.84. The molecule has 174 valence electrons. The van der Waals surface area contributed by atoms with Crippen LogP contribution in [0.4, 0.5) is 10.2 Å². The summed E-state index contributed by atoms with van der Waals surface area (Å²) in [5, 5.41) is 5.89. The van der Waals surface area contributed by atoms with Crippen molar-refractivity contribution in [3.8, 4) is 5.75 Å². The van der Waals surface area contributed by atoms with E-state index in [1.165, 1.54) is 12.1 Å². The number of morpholine rings is 1. The lowest BCUT2D eigenvalue weighted by Crippen LogP contribution is -2.36. The quantitative estimate of drug-likeness (QED) is 0.507. The SMILES string of the molecule is CNCCNC(=O)c1cc(C(C)Oc2cccc(F)c2)c2nc(N3CCOCC3)cnc2c1. The highest BCUT2D eigenvalue weighted by molar-refractivity contribution is 5.98. The van der Waals surface area contributed by atoms with Gasteiger partial charge in [0.2, 0.25) is 0 Å². The third-order valence-electron chi connectivity index (χ3n) is 5.47. The lowest BCUT2D eigenvalue weighted by Gasteiger charge is -2.28. The largest absolute Gasteiger partial charge is 0.486 e. The Labute approximate surface area is 192 Å². The Balaban J connectivity index is 1.72. The van der Waals surface area contributed by atoms with Gasteiger partial charge in [0.25, 0.3) is 5.91 Å². The zero-order valence-corrected chi connectivity index (χ0v) is 18.8. The molecule has 1 fully saturated rings. The monoisotopic (exact) mass is 453 g/mol. The van der Waals surface area contributed by atoms with Crippen LogP contribution in [0.5, 0.6) is 5.75 Å². The molecule has 2 aromatic carbocycles. The van der Waals surface area contributed by atoms with Crippen molar-refractivity contribution in [2.45, 2.75) is 13.0 Å². The Bertz CT molecular complexity index is 1120. The summed E-state index contributed by atoms with van der Waals surface area (Å²) in [6, 6.07) is 9.50. The van der Waals surface area contributed by atoms with Crippen LogP contribution >= 0.6 is 0 Å². The summed E-state index contributed by atoms with van der Waals surface area (Å²) >= 11 is 0. The number of hydrogen-bond acceptors (Lipinski definition) is 7. The molecule has 1 amide bonds. The Morgan fingerprint density at radius 3 is 2.82 bits per heavy atom. The molecule has 0 aliphatic carbocycles. The van der Waals surface area contributed by atoms with Gasteiger partial charge in [-0.05, 0) is 38.2 Å². The molecule has 1 aliphatic rings. The van der Waals surface area contributed by atoms with Crippen molar-refractivity contribution >= 4 is 22.8 Å². The lowest BCUT2D eigenvalue weighted by molar-refractivity contribution is 0.0954. The minimum Gasteiger partial charge on any atom is -0.486 e. The average Bonchev–Trinajstić information content (AvgIpc) is 2.83. The summed E-state index contributed by atoms with van der Waals surface area (Å²) in [5.74, 6) is 0.565. The van der Waals surface area contributed by atoms with E-state index in [0.29, 0.717) is 54.2 Å². The first-order chi connectivity index (χ1) is 16.0. The third-order valence-corrected chi connectivity index (χ3v) is 5.47. The summed E-state index contributed by atoms with van der Waals surface area (Å²) in [6.07, 6.45) is 1.23. The van der Waals surface area contributed by atoms with Gasteiger partial charge in [-0.1, -0.05) is 6.07 Å². The summed E-state index contributed by atoms with van der Waals surface area (Å²) in [7, 11) is 1.83. The molecule has 0 spiro atoms. The van der Waals surface area contributed by atoms with E-state index < -0.39 is 6.10 Å². The Morgan fingerprint density at radius 1 is 1.24 bits per heavy atom. The molecule has 0 radical (unpaired) electrons. The Kier molecular flexibility index (Phi) is 7.31. The van der Waals surface area contributed by atoms with Gasteiger partial charge in [0.05, 0.1) is 30.4 Å². The molecule has 4 rings (SSSR count). The first-order valence-electron chi connectivity index (χ1n) is 11.0. The van der Waals surface area contributed by atoms with Gasteiger partial charge in [-0.25, -0.2) is 9.37 Å².